The fraction of sp³-hybridized carbons (Fsp3) is 0.133. The molecule has 0 aliphatic heterocycles. The number of furan rings is 1. The van der Waals surface area contributed by atoms with E-state index >= 15 is 0 Å². The molecule has 19 heavy (non-hydrogen) atoms. The Morgan fingerprint density at radius 3 is 2.95 bits per heavy atom. The summed E-state index contributed by atoms with van der Waals surface area (Å²) in [6.45, 7) is 0.465. The van der Waals surface area contributed by atoms with E-state index in [9.17, 15) is 4.79 Å². The molecule has 4 nitrogen and oxygen atoms in total. The summed E-state index contributed by atoms with van der Waals surface area (Å²) in [7, 11) is 1.77. The van der Waals surface area contributed by atoms with Crippen molar-refractivity contribution in [1.82, 2.24) is 9.88 Å². The van der Waals surface area contributed by atoms with Gasteiger partial charge >= 0.3 is 0 Å². The van der Waals surface area contributed by atoms with Crippen LogP contribution in [0.3, 0.4) is 0 Å². The Hall–Kier alpha value is -2.49. The molecule has 0 spiro atoms. The van der Waals surface area contributed by atoms with Gasteiger partial charge < -0.3 is 14.3 Å². The predicted molar refractivity (Wildman–Crippen MR) is 72.8 cm³/mol. The van der Waals surface area contributed by atoms with Crippen molar-refractivity contribution in [2.24, 2.45) is 0 Å². The minimum Gasteiger partial charge on any atom is -0.467 e. The van der Waals surface area contributed by atoms with E-state index in [0.29, 0.717) is 12.1 Å². The van der Waals surface area contributed by atoms with Gasteiger partial charge in [-0.15, -0.1) is 0 Å². The minimum absolute atomic E-state index is 0.0124. The molecule has 2 aromatic heterocycles. The van der Waals surface area contributed by atoms with Gasteiger partial charge in [0.25, 0.3) is 5.91 Å². The van der Waals surface area contributed by atoms with Crippen LogP contribution in [0.2, 0.25) is 0 Å². The maximum Gasteiger partial charge on any atom is 0.254 e. The molecule has 1 amide bonds. The van der Waals surface area contributed by atoms with Crippen LogP contribution in [0, 0.1) is 0 Å². The Balaban J connectivity index is 1.89. The third-order valence-electron chi connectivity index (χ3n) is 3.15. The monoisotopic (exact) mass is 254 g/mol. The highest BCUT2D eigenvalue weighted by atomic mass is 16.3. The minimum atomic E-state index is -0.0124. The normalized spacial score (nSPS) is 10.8. The number of aromatic amines is 1. The second kappa shape index (κ2) is 4.65. The number of nitrogens with zero attached hydrogens (tertiary/aromatic N) is 1. The molecular weight excluding hydrogens is 240 g/mol. The highest BCUT2D eigenvalue weighted by Crippen LogP contribution is 2.19. The van der Waals surface area contributed by atoms with Crippen molar-refractivity contribution in [2.75, 3.05) is 7.05 Å². The number of H-pyrrole nitrogens is 1. The molecule has 0 fully saturated rings. The zero-order valence-electron chi connectivity index (χ0n) is 10.6. The van der Waals surface area contributed by atoms with Crippen molar-refractivity contribution in [1.29, 1.82) is 0 Å². The molecule has 3 aromatic rings. The summed E-state index contributed by atoms with van der Waals surface area (Å²) in [4.78, 5) is 17.2. The first-order valence-electron chi connectivity index (χ1n) is 6.09. The number of carbonyl (C=O) groups excluding carboxylic acids is 1. The summed E-state index contributed by atoms with van der Waals surface area (Å²) in [6, 6.07) is 11.3. The van der Waals surface area contributed by atoms with Crippen LogP contribution in [0.5, 0.6) is 0 Å². The first-order valence-corrected chi connectivity index (χ1v) is 6.09. The zero-order valence-corrected chi connectivity index (χ0v) is 10.6. The van der Waals surface area contributed by atoms with E-state index in [1.54, 1.807) is 18.2 Å². The van der Waals surface area contributed by atoms with Gasteiger partial charge in [-0.2, -0.15) is 0 Å². The lowest BCUT2D eigenvalue weighted by Gasteiger charge is -2.16. The lowest BCUT2D eigenvalue weighted by atomic mass is 10.1. The molecule has 0 saturated heterocycles. The maximum absolute atomic E-state index is 12.5. The number of amides is 1. The number of nitrogens with one attached hydrogen (secondary N) is 1. The van der Waals surface area contributed by atoms with Gasteiger partial charge in [0.05, 0.1) is 12.8 Å². The molecule has 0 radical (unpaired) electrons. The first-order chi connectivity index (χ1) is 9.25. The van der Waals surface area contributed by atoms with Gasteiger partial charge in [0, 0.05) is 29.7 Å². The SMILES string of the molecule is CN(Cc1ccco1)C(=O)c1cccc2[nH]ccc12. The molecule has 0 aliphatic carbocycles. The first kappa shape index (κ1) is 11.6. The van der Waals surface area contributed by atoms with Crippen LogP contribution in [0.15, 0.2) is 53.3 Å². The van der Waals surface area contributed by atoms with Gasteiger partial charge in [-0.3, -0.25) is 4.79 Å². The van der Waals surface area contributed by atoms with Gasteiger partial charge in [0.1, 0.15) is 5.76 Å². The number of aromatic nitrogens is 1. The van der Waals surface area contributed by atoms with Crippen LogP contribution in [0.1, 0.15) is 16.1 Å². The van der Waals surface area contributed by atoms with Gasteiger partial charge in [-0.05, 0) is 30.3 Å². The number of hydrogen-bond donors (Lipinski definition) is 1. The average Bonchev–Trinajstić information content (AvgIpc) is 3.07. The van der Waals surface area contributed by atoms with E-state index in [1.165, 1.54) is 0 Å². The number of rotatable bonds is 3. The van der Waals surface area contributed by atoms with Gasteiger partial charge in [0.2, 0.25) is 0 Å². The second-order valence-electron chi connectivity index (χ2n) is 4.49. The lowest BCUT2D eigenvalue weighted by Crippen LogP contribution is -2.26. The molecule has 0 atom stereocenters. The van der Waals surface area contributed by atoms with Gasteiger partial charge in [-0.25, -0.2) is 0 Å². The molecule has 0 unspecified atom stereocenters. The number of hydrogen-bond acceptors (Lipinski definition) is 2. The lowest BCUT2D eigenvalue weighted by molar-refractivity contribution is 0.0777. The molecule has 3 rings (SSSR count). The van der Waals surface area contributed by atoms with E-state index in [4.69, 9.17) is 4.42 Å². The summed E-state index contributed by atoms with van der Waals surface area (Å²) in [5, 5.41) is 0.943. The quantitative estimate of drug-likeness (QED) is 0.781. The number of benzene rings is 1. The van der Waals surface area contributed by atoms with E-state index in [2.05, 4.69) is 4.98 Å². The van der Waals surface area contributed by atoms with Crippen molar-refractivity contribution in [3.05, 3.63) is 60.2 Å². The van der Waals surface area contributed by atoms with Gasteiger partial charge in [0.15, 0.2) is 0 Å². The van der Waals surface area contributed by atoms with E-state index in [1.807, 2.05) is 42.6 Å². The zero-order chi connectivity index (χ0) is 13.2. The smallest absolute Gasteiger partial charge is 0.254 e. The van der Waals surface area contributed by atoms with Crippen molar-refractivity contribution in [3.8, 4) is 0 Å². The largest absolute Gasteiger partial charge is 0.467 e. The van der Waals surface area contributed by atoms with Crippen molar-refractivity contribution < 1.29 is 9.21 Å². The standard InChI is InChI=1S/C15H14N2O2/c1-17(10-11-4-3-9-19-11)15(18)13-5-2-6-14-12(13)7-8-16-14/h2-9,16H,10H2,1H3. The van der Waals surface area contributed by atoms with E-state index < -0.39 is 0 Å². The number of carbonyl (C=O) groups is 1. The highest BCUT2D eigenvalue weighted by Gasteiger charge is 2.15. The van der Waals surface area contributed by atoms with Crippen LogP contribution in [-0.4, -0.2) is 22.8 Å². The topological polar surface area (TPSA) is 49.2 Å². The van der Waals surface area contributed by atoms with Crippen molar-refractivity contribution in [3.63, 3.8) is 0 Å². The van der Waals surface area contributed by atoms with Crippen LogP contribution in [0.4, 0.5) is 0 Å². The van der Waals surface area contributed by atoms with Crippen LogP contribution < -0.4 is 0 Å². The third-order valence-corrected chi connectivity index (χ3v) is 3.15. The Labute approximate surface area is 110 Å². The highest BCUT2D eigenvalue weighted by molar-refractivity contribution is 6.06. The molecule has 2 heterocycles. The van der Waals surface area contributed by atoms with Crippen LogP contribution in [-0.2, 0) is 6.54 Å². The predicted octanol–water partition coefficient (Wildman–Crippen LogP) is 3.03. The van der Waals surface area contributed by atoms with E-state index in [-0.39, 0.29) is 5.91 Å². The fourth-order valence-corrected chi connectivity index (χ4v) is 2.19. The molecule has 0 bridgehead atoms. The average molecular weight is 254 g/mol. The summed E-state index contributed by atoms with van der Waals surface area (Å²) >= 11 is 0. The third kappa shape index (κ3) is 2.12. The second-order valence-corrected chi connectivity index (χ2v) is 4.49. The Bertz CT molecular complexity index is 698. The maximum atomic E-state index is 12.5. The summed E-state index contributed by atoms with van der Waals surface area (Å²) < 4.78 is 5.26. The Morgan fingerprint density at radius 2 is 2.16 bits per heavy atom. The molecule has 96 valence electrons. The van der Waals surface area contributed by atoms with Crippen LogP contribution >= 0.6 is 0 Å². The summed E-state index contributed by atoms with van der Waals surface area (Å²) in [6.07, 6.45) is 3.45. The van der Waals surface area contributed by atoms with Gasteiger partial charge in [-0.1, -0.05) is 6.07 Å². The fourth-order valence-electron chi connectivity index (χ4n) is 2.19. The Kier molecular flexibility index (Phi) is 2.83. The number of fused-ring (bicyclic) bond motifs is 1. The van der Waals surface area contributed by atoms with E-state index in [0.717, 1.165) is 16.7 Å². The molecule has 0 aliphatic rings. The molecular formula is C15H14N2O2. The summed E-state index contributed by atoms with van der Waals surface area (Å²) in [5.41, 5.74) is 1.67. The van der Waals surface area contributed by atoms with Crippen molar-refractivity contribution in [2.45, 2.75) is 6.54 Å². The Morgan fingerprint density at radius 1 is 1.26 bits per heavy atom. The molecule has 0 saturated carbocycles. The van der Waals surface area contributed by atoms with Crippen molar-refractivity contribution >= 4 is 16.8 Å². The van der Waals surface area contributed by atoms with Crippen LogP contribution in [0.25, 0.3) is 10.9 Å². The molecule has 1 aromatic carbocycles. The molecule has 1 N–H and O–H groups in total. The molecule has 4 heteroatoms. The summed E-state index contributed by atoms with van der Waals surface area (Å²) in [5.74, 6) is 0.763.